The summed E-state index contributed by atoms with van der Waals surface area (Å²) in [6.07, 6.45) is 4.93. The molecular weight excluding hydrogens is 286 g/mol. The molecule has 2 rings (SSSR count). The quantitative estimate of drug-likeness (QED) is 0.828. The molecule has 0 amide bonds. The van der Waals surface area contributed by atoms with Gasteiger partial charge in [0.1, 0.15) is 11.1 Å². The first-order valence-electron chi connectivity index (χ1n) is 6.47. The van der Waals surface area contributed by atoms with Crippen LogP contribution in [0.25, 0.3) is 0 Å². The largest absolute Gasteiger partial charge is 0.375 e. The lowest BCUT2D eigenvalue weighted by Crippen LogP contribution is -2.07. The van der Waals surface area contributed by atoms with Crippen molar-refractivity contribution in [2.75, 3.05) is 11.6 Å². The lowest BCUT2D eigenvalue weighted by Gasteiger charge is -2.15. The fourth-order valence-electron chi connectivity index (χ4n) is 1.92. The van der Waals surface area contributed by atoms with Gasteiger partial charge in [0, 0.05) is 16.0 Å². The zero-order chi connectivity index (χ0) is 14.5. The summed E-state index contributed by atoms with van der Waals surface area (Å²) in [5.74, 6) is 0. The number of thiazole rings is 1. The summed E-state index contributed by atoms with van der Waals surface area (Å²) in [5.41, 5.74) is 1.58. The van der Waals surface area contributed by atoms with Crippen molar-refractivity contribution in [2.45, 2.75) is 31.2 Å². The van der Waals surface area contributed by atoms with E-state index in [2.05, 4.69) is 30.2 Å². The predicted octanol–water partition coefficient (Wildman–Crippen LogP) is 4.47. The van der Waals surface area contributed by atoms with Gasteiger partial charge in [-0.1, -0.05) is 13.0 Å². The van der Waals surface area contributed by atoms with Crippen LogP contribution in [0.3, 0.4) is 0 Å². The standard InChI is InChI=1S/C15H17N3S2/c1-4-11-9-17-15(20-11)10(2)18-13-6-5-7-14(19-3)12(13)8-16/h5-7,9-10,18H,4H2,1-3H3. The second-order valence-corrected chi connectivity index (χ2v) is 6.37. The number of nitriles is 1. The smallest absolute Gasteiger partial charge is 0.115 e. The molecule has 0 aliphatic rings. The van der Waals surface area contributed by atoms with Crippen molar-refractivity contribution < 1.29 is 0 Å². The Morgan fingerprint density at radius 1 is 1.50 bits per heavy atom. The summed E-state index contributed by atoms with van der Waals surface area (Å²) in [4.78, 5) is 6.73. The van der Waals surface area contributed by atoms with Crippen LogP contribution in [0.15, 0.2) is 29.3 Å². The maximum Gasteiger partial charge on any atom is 0.115 e. The second-order valence-electron chi connectivity index (χ2n) is 4.38. The molecule has 1 aromatic heterocycles. The van der Waals surface area contributed by atoms with E-state index in [0.29, 0.717) is 5.56 Å². The number of thioether (sulfide) groups is 1. The number of nitrogens with zero attached hydrogens (tertiary/aromatic N) is 2. The van der Waals surface area contributed by atoms with Gasteiger partial charge in [0.15, 0.2) is 0 Å². The van der Waals surface area contributed by atoms with Crippen molar-refractivity contribution in [2.24, 2.45) is 0 Å². The van der Waals surface area contributed by atoms with Gasteiger partial charge in [-0.15, -0.1) is 23.1 Å². The fourth-order valence-corrected chi connectivity index (χ4v) is 3.35. The van der Waals surface area contributed by atoms with E-state index in [9.17, 15) is 5.26 Å². The summed E-state index contributed by atoms with van der Waals surface area (Å²) in [5, 5.41) is 13.8. The van der Waals surface area contributed by atoms with Crippen LogP contribution in [0.4, 0.5) is 5.69 Å². The Bertz CT molecular complexity index is 628. The van der Waals surface area contributed by atoms with E-state index in [1.54, 1.807) is 23.1 Å². The number of aromatic nitrogens is 1. The molecule has 0 saturated heterocycles. The van der Waals surface area contributed by atoms with Gasteiger partial charge < -0.3 is 5.32 Å². The van der Waals surface area contributed by atoms with Crippen LogP contribution in [-0.2, 0) is 6.42 Å². The van der Waals surface area contributed by atoms with E-state index in [4.69, 9.17) is 0 Å². The molecule has 2 aromatic rings. The minimum absolute atomic E-state index is 0.101. The Hall–Kier alpha value is -1.51. The van der Waals surface area contributed by atoms with Crippen LogP contribution in [-0.4, -0.2) is 11.2 Å². The van der Waals surface area contributed by atoms with Crippen LogP contribution in [0.5, 0.6) is 0 Å². The zero-order valence-electron chi connectivity index (χ0n) is 11.8. The van der Waals surface area contributed by atoms with Crippen molar-refractivity contribution in [3.63, 3.8) is 0 Å². The average Bonchev–Trinajstić information content (AvgIpc) is 2.96. The maximum atomic E-state index is 9.34. The number of aryl methyl sites for hydroxylation is 1. The first-order chi connectivity index (χ1) is 9.69. The molecule has 0 radical (unpaired) electrons. The molecule has 1 aromatic carbocycles. The number of benzene rings is 1. The Balaban J connectivity index is 2.23. The Morgan fingerprint density at radius 3 is 2.90 bits per heavy atom. The SMILES string of the molecule is CCc1cnc(C(C)Nc2cccc(SC)c2C#N)s1. The summed E-state index contributed by atoms with van der Waals surface area (Å²) >= 11 is 3.31. The molecule has 0 spiro atoms. The minimum Gasteiger partial charge on any atom is -0.375 e. The van der Waals surface area contributed by atoms with E-state index < -0.39 is 0 Å². The lowest BCUT2D eigenvalue weighted by atomic mass is 10.2. The molecule has 0 fully saturated rings. The van der Waals surface area contributed by atoms with Crippen molar-refractivity contribution in [3.05, 3.63) is 39.8 Å². The summed E-state index contributed by atoms with van der Waals surface area (Å²) < 4.78 is 0. The van der Waals surface area contributed by atoms with Gasteiger partial charge in [0.2, 0.25) is 0 Å². The average molecular weight is 303 g/mol. The van der Waals surface area contributed by atoms with Crippen molar-refractivity contribution >= 4 is 28.8 Å². The molecule has 3 nitrogen and oxygen atoms in total. The van der Waals surface area contributed by atoms with Gasteiger partial charge in [0.05, 0.1) is 17.3 Å². The van der Waals surface area contributed by atoms with E-state index in [1.165, 1.54) is 4.88 Å². The predicted molar refractivity (Wildman–Crippen MR) is 86.5 cm³/mol. The Kier molecular flexibility index (Phi) is 5.05. The third-order valence-corrected chi connectivity index (χ3v) is 5.12. The molecule has 20 heavy (non-hydrogen) atoms. The first kappa shape index (κ1) is 14.9. The number of hydrogen-bond acceptors (Lipinski definition) is 5. The highest BCUT2D eigenvalue weighted by atomic mass is 32.2. The topological polar surface area (TPSA) is 48.7 Å². The zero-order valence-corrected chi connectivity index (χ0v) is 13.4. The molecule has 1 unspecified atom stereocenters. The third kappa shape index (κ3) is 3.14. The van der Waals surface area contributed by atoms with Crippen LogP contribution in [0, 0.1) is 11.3 Å². The second kappa shape index (κ2) is 6.78. The minimum atomic E-state index is 0.101. The van der Waals surface area contributed by atoms with E-state index in [0.717, 1.165) is 22.0 Å². The number of nitrogens with one attached hydrogen (secondary N) is 1. The van der Waals surface area contributed by atoms with E-state index in [-0.39, 0.29) is 6.04 Å². The molecule has 0 saturated carbocycles. The summed E-state index contributed by atoms with van der Waals surface area (Å²) in [6.45, 7) is 4.20. The number of anilines is 1. The van der Waals surface area contributed by atoms with Gasteiger partial charge in [0.25, 0.3) is 0 Å². The molecule has 104 valence electrons. The highest BCUT2D eigenvalue weighted by Crippen LogP contribution is 2.30. The lowest BCUT2D eigenvalue weighted by molar-refractivity contribution is 0.867. The highest BCUT2D eigenvalue weighted by Gasteiger charge is 2.13. The Morgan fingerprint density at radius 2 is 2.30 bits per heavy atom. The monoisotopic (exact) mass is 303 g/mol. The molecule has 0 bridgehead atoms. The molecule has 1 atom stereocenters. The summed E-state index contributed by atoms with van der Waals surface area (Å²) in [6, 6.07) is 8.28. The van der Waals surface area contributed by atoms with E-state index in [1.807, 2.05) is 30.7 Å². The van der Waals surface area contributed by atoms with Crippen LogP contribution < -0.4 is 5.32 Å². The van der Waals surface area contributed by atoms with Crippen LogP contribution in [0.2, 0.25) is 0 Å². The molecule has 0 aliphatic carbocycles. The van der Waals surface area contributed by atoms with Gasteiger partial charge in [-0.25, -0.2) is 4.98 Å². The molecule has 5 heteroatoms. The molecular formula is C15H17N3S2. The van der Waals surface area contributed by atoms with Crippen molar-refractivity contribution in [1.29, 1.82) is 5.26 Å². The van der Waals surface area contributed by atoms with Crippen molar-refractivity contribution in [3.8, 4) is 6.07 Å². The fraction of sp³-hybridized carbons (Fsp3) is 0.333. The first-order valence-corrected chi connectivity index (χ1v) is 8.52. The molecule has 1 N–H and O–H groups in total. The molecule has 1 heterocycles. The number of hydrogen-bond donors (Lipinski definition) is 1. The molecule has 0 aliphatic heterocycles. The van der Waals surface area contributed by atoms with Gasteiger partial charge in [-0.2, -0.15) is 5.26 Å². The van der Waals surface area contributed by atoms with Crippen LogP contribution in [0.1, 0.15) is 35.3 Å². The normalized spacial score (nSPS) is 11.9. The van der Waals surface area contributed by atoms with Gasteiger partial charge in [-0.3, -0.25) is 0 Å². The third-order valence-electron chi connectivity index (χ3n) is 3.02. The number of rotatable bonds is 5. The van der Waals surface area contributed by atoms with Gasteiger partial charge >= 0.3 is 0 Å². The van der Waals surface area contributed by atoms with Gasteiger partial charge in [-0.05, 0) is 31.7 Å². The van der Waals surface area contributed by atoms with E-state index >= 15 is 0 Å². The summed E-state index contributed by atoms with van der Waals surface area (Å²) in [7, 11) is 0. The van der Waals surface area contributed by atoms with Crippen molar-refractivity contribution in [1.82, 2.24) is 4.98 Å². The Labute approximate surface area is 128 Å². The highest BCUT2D eigenvalue weighted by molar-refractivity contribution is 7.98. The maximum absolute atomic E-state index is 9.34. The van der Waals surface area contributed by atoms with Crippen LogP contribution >= 0.6 is 23.1 Å².